The third-order valence-electron chi connectivity index (χ3n) is 1.56. The maximum atomic E-state index is 10.9. The fraction of sp³-hybridized carbons (Fsp3) is 0. The van der Waals surface area contributed by atoms with E-state index in [9.17, 15) is 8.42 Å². The summed E-state index contributed by atoms with van der Waals surface area (Å²) in [4.78, 5) is 4.36. The Hall–Kier alpha value is -0.720. The van der Waals surface area contributed by atoms with Crippen molar-refractivity contribution in [3.8, 4) is 0 Å². The third kappa shape index (κ3) is 1.73. The van der Waals surface area contributed by atoms with Gasteiger partial charge in [-0.1, -0.05) is 0 Å². The number of halogens is 1. The van der Waals surface area contributed by atoms with Gasteiger partial charge < -0.3 is 4.42 Å². The predicted octanol–water partition coefficient (Wildman–Crippen LogP) is 2.04. The Morgan fingerprint density at radius 1 is 1.43 bits per heavy atom. The minimum absolute atomic E-state index is 0.344. The van der Waals surface area contributed by atoms with Crippen LogP contribution in [0.1, 0.15) is 0 Å². The average Bonchev–Trinajstić information content (AvgIpc) is 2.45. The molecular formula is C7H4ClNO3S2. The highest BCUT2D eigenvalue weighted by molar-refractivity contribution is 8.13. The lowest BCUT2D eigenvalue weighted by Crippen LogP contribution is -1.88. The van der Waals surface area contributed by atoms with E-state index in [0.29, 0.717) is 16.0 Å². The van der Waals surface area contributed by atoms with Crippen LogP contribution < -0.4 is 0 Å². The first-order valence-corrected chi connectivity index (χ1v) is 6.27. The Bertz CT molecular complexity index is 590. The molecule has 7 heteroatoms. The standard InChI is InChI=1S/C7H4ClNO3S2/c8-14(10,11)7-9-5-2-1-4(13)3-6(5)12-7/h1-3,13H. The van der Waals surface area contributed by atoms with Crippen LogP contribution in [-0.4, -0.2) is 13.4 Å². The van der Waals surface area contributed by atoms with E-state index in [-0.39, 0.29) is 0 Å². The fourth-order valence-electron chi connectivity index (χ4n) is 0.996. The molecule has 0 amide bonds. The van der Waals surface area contributed by atoms with Gasteiger partial charge in [-0.25, -0.2) is 8.42 Å². The lowest BCUT2D eigenvalue weighted by Gasteiger charge is -1.87. The molecule has 0 saturated heterocycles. The van der Waals surface area contributed by atoms with Crippen molar-refractivity contribution in [2.45, 2.75) is 10.1 Å². The number of aromatic nitrogens is 1. The second kappa shape index (κ2) is 3.15. The van der Waals surface area contributed by atoms with E-state index in [4.69, 9.17) is 15.1 Å². The van der Waals surface area contributed by atoms with Crippen molar-refractivity contribution in [2.24, 2.45) is 0 Å². The molecule has 74 valence electrons. The summed E-state index contributed by atoms with van der Waals surface area (Å²) in [5.41, 5.74) is 0.777. The van der Waals surface area contributed by atoms with Gasteiger partial charge in [0.25, 0.3) is 0 Å². The summed E-state index contributed by atoms with van der Waals surface area (Å²) < 4.78 is 26.7. The van der Waals surface area contributed by atoms with Gasteiger partial charge >= 0.3 is 14.3 Å². The number of thiol groups is 1. The summed E-state index contributed by atoms with van der Waals surface area (Å²) in [6.07, 6.45) is 0. The first-order valence-electron chi connectivity index (χ1n) is 3.51. The number of rotatable bonds is 1. The molecule has 1 aromatic heterocycles. The molecule has 0 atom stereocenters. The van der Waals surface area contributed by atoms with Crippen molar-refractivity contribution >= 4 is 43.5 Å². The van der Waals surface area contributed by atoms with E-state index >= 15 is 0 Å². The molecule has 0 saturated carbocycles. The van der Waals surface area contributed by atoms with Gasteiger partial charge in [-0.15, -0.1) is 12.6 Å². The van der Waals surface area contributed by atoms with Crippen LogP contribution in [-0.2, 0) is 9.05 Å². The van der Waals surface area contributed by atoms with Crippen LogP contribution in [0.25, 0.3) is 11.1 Å². The molecule has 0 bridgehead atoms. The zero-order valence-electron chi connectivity index (χ0n) is 6.64. The molecule has 0 aliphatic heterocycles. The zero-order chi connectivity index (χ0) is 10.3. The van der Waals surface area contributed by atoms with E-state index in [0.717, 1.165) is 0 Å². The van der Waals surface area contributed by atoms with Crippen molar-refractivity contribution in [3.63, 3.8) is 0 Å². The van der Waals surface area contributed by atoms with Crippen LogP contribution >= 0.6 is 23.3 Å². The topological polar surface area (TPSA) is 60.2 Å². The predicted molar refractivity (Wildman–Crippen MR) is 54.3 cm³/mol. The Kier molecular flexibility index (Phi) is 2.21. The van der Waals surface area contributed by atoms with E-state index in [2.05, 4.69) is 17.6 Å². The lowest BCUT2D eigenvalue weighted by atomic mass is 10.3. The molecule has 4 nitrogen and oxygen atoms in total. The highest BCUT2D eigenvalue weighted by atomic mass is 35.7. The molecule has 0 radical (unpaired) electrons. The molecule has 0 spiro atoms. The molecule has 2 rings (SSSR count). The van der Waals surface area contributed by atoms with Crippen LogP contribution in [0, 0.1) is 0 Å². The first kappa shape index (κ1) is 9.82. The Labute approximate surface area is 89.7 Å². The molecule has 0 aliphatic carbocycles. The van der Waals surface area contributed by atoms with Gasteiger partial charge in [0.2, 0.25) is 0 Å². The normalized spacial score (nSPS) is 12.1. The van der Waals surface area contributed by atoms with Gasteiger partial charge in [0.1, 0.15) is 5.52 Å². The monoisotopic (exact) mass is 249 g/mol. The molecule has 0 fully saturated rings. The zero-order valence-corrected chi connectivity index (χ0v) is 9.10. The maximum absolute atomic E-state index is 10.9. The van der Waals surface area contributed by atoms with Crippen LogP contribution in [0.2, 0.25) is 0 Å². The summed E-state index contributed by atoms with van der Waals surface area (Å²) in [6, 6.07) is 4.85. The van der Waals surface area contributed by atoms with Crippen LogP contribution in [0.3, 0.4) is 0 Å². The SMILES string of the molecule is O=S(=O)(Cl)c1nc2ccc(S)cc2o1. The van der Waals surface area contributed by atoms with Gasteiger partial charge in [-0.2, -0.15) is 4.98 Å². The molecule has 1 heterocycles. The second-order valence-corrected chi connectivity index (χ2v) is 5.53. The highest BCUT2D eigenvalue weighted by Gasteiger charge is 2.18. The number of benzene rings is 1. The summed E-state index contributed by atoms with van der Waals surface area (Å²) >= 11 is 4.07. The van der Waals surface area contributed by atoms with Crippen molar-refractivity contribution < 1.29 is 12.8 Å². The lowest BCUT2D eigenvalue weighted by molar-refractivity contribution is 0.464. The number of oxazole rings is 1. The Morgan fingerprint density at radius 3 is 2.79 bits per heavy atom. The molecule has 0 unspecified atom stereocenters. The van der Waals surface area contributed by atoms with Gasteiger partial charge in [0, 0.05) is 15.6 Å². The molecule has 1 aromatic carbocycles. The van der Waals surface area contributed by atoms with Gasteiger partial charge in [0.15, 0.2) is 5.58 Å². The van der Waals surface area contributed by atoms with Gasteiger partial charge in [0.05, 0.1) is 0 Å². The van der Waals surface area contributed by atoms with E-state index in [1.54, 1.807) is 18.2 Å². The van der Waals surface area contributed by atoms with E-state index in [1.807, 2.05) is 0 Å². The molecular weight excluding hydrogens is 246 g/mol. The smallest absolute Gasteiger partial charge is 0.332 e. The number of hydrogen-bond acceptors (Lipinski definition) is 5. The largest absolute Gasteiger partial charge is 0.427 e. The van der Waals surface area contributed by atoms with Crippen molar-refractivity contribution in [1.29, 1.82) is 0 Å². The number of fused-ring (bicyclic) bond motifs is 1. The summed E-state index contributed by atoms with van der Waals surface area (Å²) in [5.74, 6) is 0. The molecule has 0 N–H and O–H groups in total. The van der Waals surface area contributed by atoms with E-state index in [1.165, 1.54) is 0 Å². The van der Waals surface area contributed by atoms with Gasteiger partial charge in [-0.05, 0) is 18.2 Å². The van der Waals surface area contributed by atoms with Crippen molar-refractivity contribution in [3.05, 3.63) is 18.2 Å². The fourth-order valence-corrected chi connectivity index (χ4v) is 1.78. The minimum atomic E-state index is -3.91. The molecule has 14 heavy (non-hydrogen) atoms. The summed E-state index contributed by atoms with van der Waals surface area (Å²) in [5, 5.41) is -0.492. The third-order valence-corrected chi connectivity index (χ3v) is 2.83. The Balaban J connectivity index is 2.75. The molecule has 2 aromatic rings. The summed E-state index contributed by atoms with van der Waals surface area (Å²) in [7, 11) is 1.16. The van der Waals surface area contributed by atoms with Crippen molar-refractivity contribution in [1.82, 2.24) is 4.98 Å². The quantitative estimate of drug-likeness (QED) is 0.621. The number of nitrogens with zero attached hydrogens (tertiary/aromatic N) is 1. The van der Waals surface area contributed by atoms with E-state index < -0.39 is 14.3 Å². The maximum Gasteiger partial charge on any atom is 0.332 e. The Morgan fingerprint density at radius 2 is 2.14 bits per heavy atom. The van der Waals surface area contributed by atoms with Crippen LogP contribution in [0.5, 0.6) is 0 Å². The first-order chi connectivity index (χ1) is 6.47. The second-order valence-electron chi connectivity index (χ2n) is 2.57. The van der Waals surface area contributed by atoms with Crippen LogP contribution in [0.15, 0.2) is 32.7 Å². The van der Waals surface area contributed by atoms with Gasteiger partial charge in [-0.3, -0.25) is 0 Å². The highest BCUT2D eigenvalue weighted by Crippen LogP contribution is 2.23. The minimum Gasteiger partial charge on any atom is -0.427 e. The van der Waals surface area contributed by atoms with Crippen LogP contribution in [0.4, 0.5) is 0 Å². The molecule has 0 aliphatic rings. The average molecular weight is 250 g/mol. The summed E-state index contributed by atoms with van der Waals surface area (Å²) in [6.45, 7) is 0. The number of hydrogen-bond donors (Lipinski definition) is 1. The van der Waals surface area contributed by atoms with Crippen molar-refractivity contribution in [2.75, 3.05) is 0 Å².